The third-order valence-corrected chi connectivity index (χ3v) is 2.82. The molecule has 0 bridgehead atoms. The third kappa shape index (κ3) is 6.12. The van der Waals surface area contributed by atoms with Crippen LogP contribution >= 0.6 is 0 Å². The lowest BCUT2D eigenvalue weighted by atomic mass is 10.2. The molecule has 1 atom stereocenters. The molecular formula is C16H21NO4. The smallest absolute Gasteiger partial charge is 0.325 e. The van der Waals surface area contributed by atoms with Crippen LogP contribution in [0.25, 0.3) is 6.08 Å². The maximum Gasteiger partial charge on any atom is 0.325 e. The summed E-state index contributed by atoms with van der Waals surface area (Å²) in [4.78, 5) is 22.3. The number of nitrogens with one attached hydrogen (secondary N) is 1. The monoisotopic (exact) mass is 291 g/mol. The highest BCUT2D eigenvalue weighted by Crippen LogP contribution is 2.19. The van der Waals surface area contributed by atoms with Crippen molar-refractivity contribution in [3.8, 4) is 5.75 Å². The Hall–Kier alpha value is -2.30. The molecule has 1 aromatic rings. The van der Waals surface area contributed by atoms with E-state index in [0.717, 1.165) is 18.4 Å². The van der Waals surface area contributed by atoms with Gasteiger partial charge in [-0.15, -0.1) is 0 Å². The number of ether oxygens (including phenoxy) is 1. The van der Waals surface area contributed by atoms with Gasteiger partial charge in [0.1, 0.15) is 11.8 Å². The van der Waals surface area contributed by atoms with Gasteiger partial charge in [0.25, 0.3) is 0 Å². The number of hydrogen-bond donors (Lipinski definition) is 2. The zero-order valence-corrected chi connectivity index (χ0v) is 12.3. The Labute approximate surface area is 124 Å². The fourth-order valence-corrected chi connectivity index (χ4v) is 1.56. The van der Waals surface area contributed by atoms with Gasteiger partial charge in [0.05, 0.1) is 6.61 Å². The topological polar surface area (TPSA) is 75.6 Å². The second-order valence-electron chi connectivity index (χ2n) is 4.64. The first kappa shape index (κ1) is 16.8. The number of rotatable bonds is 8. The lowest BCUT2D eigenvalue weighted by Gasteiger charge is -2.09. The number of hydrogen-bond acceptors (Lipinski definition) is 3. The van der Waals surface area contributed by atoms with Crippen LogP contribution < -0.4 is 10.1 Å². The minimum Gasteiger partial charge on any atom is -0.493 e. The Morgan fingerprint density at radius 2 is 2.10 bits per heavy atom. The molecule has 0 aliphatic rings. The molecule has 1 amide bonds. The molecule has 0 spiro atoms. The summed E-state index contributed by atoms with van der Waals surface area (Å²) in [5.74, 6) is -0.811. The number of carbonyl (C=O) groups is 2. The van der Waals surface area contributed by atoms with Crippen molar-refractivity contribution in [1.29, 1.82) is 0 Å². The predicted molar refractivity (Wildman–Crippen MR) is 81.1 cm³/mol. The van der Waals surface area contributed by atoms with Crippen LogP contribution in [0.1, 0.15) is 32.3 Å². The number of aliphatic carboxylic acids is 1. The predicted octanol–water partition coefficient (Wildman–Crippen LogP) is 2.47. The number of carboxylic acids is 1. The second kappa shape index (κ2) is 8.79. The van der Waals surface area contributed by atoms with E-state index in [0.29, 0.717) is 12.4 Å². The summed E-state index contributed by atoms with van der Waals surface area (Å²) in [5, 5.41) is 11.1. The molecule has 0 radical (unpaired) electrons. The van der Waals surface area contributed by atoms with Gasteiger partial charge in [0, 0.05) is 11.6 Å². The van der Waals surface area contributed by atoms with Crippen molar-refractivity contribution in [3.63, 3.8) is 0 Å². The third-order valence-electron chi connectivity index (χ3n) is 2.82. The molecule has 114 valence electrons. The molecule has 0 saturated heterocycles. The van der Waals surface area contributed by atoms with Gasteiger partial charge in [-0.25, -0.2) is 0 Å². The van der Waals surface area contributed by atoms with Crippen LogP contribution in [0.5, 0.6) is 5.75 Å². The summed E-state index contributed by atoms with van der Waals surface area (Å²) in [6, 6.07) is 6.48. The minimum absolute atomic E-state index is 0.451. The molecule has 0 aliphatic heterocycles. The maximum absolute atomic E-state index is 11.6. The molecule has 0 aliphatic carbocycles. The molecule has 1 rings (SSSR count). The first-order chi connectivity index (χ1) is 10.0. The zero-order chi connectivity index (χ0) is 15.7. The Kier molecular flexibility index (Phi) is 7.01. The minimum atomic E-state index is -1.07. The molecule has 0 aromatic heterocycles. The van der Waals surface area contributed by atoms with Crippen molar-refractivity contribution in [2.24, 2.45) is 0 Å². The van der Waals surface area contributed by atoms with Crippen LogP contribution in [0.2, 0.25) is 0 Å². The van der Waals surface area contributed by atoms with Crippen molar-refractivity contribution < 1.29 is 19.4 Å². The number of carboxylic acid groups (broad SMARTS) is 1. The molecule has 0 saturated carbocycles. The molecule has 0 heterocycles. The van der Waals surface area contributed by atoms with Gasteiger partial charge >= 0.3 is 5.97 Å². The number of unbranched alkanes of at least 4 members (excludes halogenated alkanes) is 1. The molecule has 0 unspecified atom stereocenters. The maximum atomic E-state index is 11.6. The van der Waals surface area contributed by atoms with E-state index >= 15 is 0 Å². The van der Waals surface area contributed by atoms with Gasteiger partial charge in [-0.3, -0.25) is 9.59 Å². The SMILES string of the molecule is CCCCOc1ccccc1/C=C/C(=O)N[C@H](C)C(=O)O. The molecule has 1 aromatic carbocycles. The summed E-state index contributed by atoms with van der Waals surface area (Å²) in [7, 11) is 0. The largest absolute Gasteiger partial charge is 0.493 e. The molecular weight excluding hydrogens is 270 g/mol. The van der Waals surface area contributed by atoms with Crippen molar-refractivity contribution in [2.45, 2.75) is 32.7 Å². The Bertz CT molecular complexity index is 511. The fourth-order valence-electron chi connectivity index (χ4n) is 1.56. The molecule has 2 N–H and O–H groups in total. The van der Waals surface area contributed by atoms with Crippen molar-refractivity contribution >= 4 is 18.0 Å². The first-order valence-electron chi connectivity index (χ1n) is 6.97. The van der Waals surface area contributed by atoms with E-state index in [1.54, 1.807) is 6.08 Å². The summed E-state index contributed by atoms with van der Waals surface area (Å²) in [6.45, 7) is 4.13. The van der Waals surface area contributed by atoms with Gasteiger partial charge in [0.15, 0.2) is 0 Å². The van der Waals surface area contributed by atoms with Crippen molar-refractivity contribution in [2.75, 3.05) is 6.61 Å². The van der Waals surface area contributed by atoms with Gasteiger partial charge in [-0.2, -0.15) is 0 Å². The highest BCUT2D eigenvalue weighted by atomic mass is 16.5. The summed E-state index contributed by atoms with van der Waals surface area (Å²) in [5.41, 5.74) is 0.784. The summed E-state index contributed by atoms with van der Waals surface area (Å²) < 4.78 is 5.65. The average Bonchev–Trinajstić information content (AvgIpc) is 2.46. The van der Waals surface area contributed by atoms with Gasteiger partial charge < -0.3 is 15.2 Å². The van der Waals surface area contributed by atoms with Crippen molar-refractivity contribution in [3.05, 3.63) is 35.9 Å². The van der Waals surface area contributed by atoms with E-state index in [9.17, 15) is 9.59 Å². The van der Waals surface area contributed by atoms with E-state index in [2.05, 4.69) is 12.2 Å². The normalized spacial score (nSPS) is 12.1. The van der Waals surface area contributed by atoms with Crippen LogP contribution in [0.4, 0.5) is 0 Å². The van der Waals surface area contributed by atoms with Gasteiger partial charge in [0.2, 0.25) is 5.91 Å². The highest BCUT2D eigenvalue weighted by molar-refractivity contribution is 5.94. The van der Waals surface area contributed by atoms with Gasteiger partial charge in [-0.1, -0.05) is 31.5 Å². The quantitative estimate of drug-likeness (QED) is 0.570. The van der Waals surface area contributed by atoms with Crippen LogP contribution in [0, 0.1) is 0 Å². The second-order valence-corrected chi connectivity index (χ2v) is 4.64. The number of carbonyl (C=O) groups excluding carboxylic acids is 1. The van der Waals surface area contributed by atoms with E-state index < -0.39 is 17.9 Å². The Morgan fingerprint density at radius 1 is 1.38 bits per heavy atom. The first-order valence-corrected chi connectivity index (χ1v) is 6.97. The Morgan fingerprint density at radius 3 is 2.76 bits per heavy atom. The molecule has 5 heteroatoms. The van der Waals surface area contributed by atoms with E-state index in [1.165, 1.54) is 13.0 Å². The van der Waals surface area contributed by atoms with Crippen LogP contribution in [0.15, 0.2) is 30.3 Å². The molecule has 21 heavy (non-hydrogen) atoms. The Balaban J connectivity index is 2.66. The van der Waals surface area contributed by atoms with E-state index in [4.69, 9.17) is 9.84 Å². The lowest BCUT2D eigenvalue weighted by molar-refractivity contribution is -0.140. The van der Waals surface area contributed by atoms with E-state index in [1.807, 2.05) is 24.3 Å². The van der Waals surface area contributed by atoms with Crippen LogP contribution in [0.3, 0.4) is 0 Å². The molecule has 0 fully saturated rings. The summed E-state index contributed by atoms with van der Waals surface area (Å²) in [6.07, 6.45) is 4.94. The molecule has 5 nitrogen and oxygen atoms in total. The van der Waals surface area contributed by atoms with Gasteiger partial charge in [-0.05, 0) is 25.5 Å². The fraction of sp³-hybridized carbons (Fsp3) is 0.375. The number of amides is 1. The highest BCUT2D eigenvalue weighted by Gasteiger charge is 2.11. The summed E-state index contributed by atoms with van der Waals surface area (Å²) >= 11 is 0. The standard InChI is InChI=1S/C16H21NO4/c1-3-4-11-21-14-8-6-5-7-13(14)9-10-15(18)17-12(2)16(19)20/h5-10,12H,3-4,11H2,1-2H3,(H,17,18)(H,19,20)/b10-9+/t12-/m1/s1. The lowest BCUT2D eigenvalue weighted by Crippen LogP contribution is -2.37. The van der Waals surface area contributed by atoms with Crippen LogP contribution in [-0.2, 0) is 9.59 Å². The number of para-hydroxylation sites is 1. The number of benzene rings is 1. The zero-order valence-electron chi connectivity index (χ0n) is 12.3. The van der Waals surface area contributed by atoms with Crippen molar-refractivity contribution in [1.82, 2.24) is 5.32 Å². The van der Waals surface area contributed by atoms with Crippen LogP contribution in [-0.4, -0.2) is 29.6 Å². The van der Waals surface area contributed by atoms with E-state index in [-0.39, 0.29) is 0 Å². The average molecular weight is 291 g/mol.